The highest BCUT2D eigenvalue weighted by molar-refractivity contribution is 7.85. The van der Waals surface area contributed by atoms with Crippen LogP contribution in [0.25, 0.3) is 6.08 Å². The van der Waals surface area contributed by atoms with Crippen LogP contribution in [0, 0.1) is 6.92 Å². The Morgan fingerprint density at radius 1 is 0.897 bits per heavy atom. The summed E-state index contributed by atoms with van der Waals surface area (Å²) in [6.45, 7) is 19.1. The van der Waals surface area contributed by atoms with Crippen LogP contribution in [-0.4, -0.2) is 74.6 Å². The number of carbonyl (C=O) groups is 2. The van der Waals surface area contributed by atoms with Crippen LogP contribution in [0.5, 0.6) is 0 Å². The van der Waals surface area contributed by atoms with Crippen LogP contribution in [0.15, 0.2) is 108 Å². The Kier molecular flexibility index (Phi) is 14.5. The zero-order chi connectivity index (χ0) is 42.1. The van der Waals surface area contributed by atoms with Crippen molar-refractivity contribution in [1.29, 1.82) is 0 Å². The highest BCUT2D eigenvalue weighted by Crippen LogP contribution is 2.48. The molecule has 1 N–H and O–H groups in total. The Morgan fingerprint density at radius 3 is 2.36 bits per heavy atom. The molecule has 1 amide bonds. The van der Waals surface area contributed by atoms with Crippen molar-refractivity contribution >= 4 is 45.2 Å². The number of rotatable bonds is 19. The van der Waals surface area contributed by atoms with Gasteiger partial charge in [-0.15, -0.1) is 0 Å². The average molecular weight is 808 g/mol. The summed E-state index contributed by atoms with van der Waals surface area (Å²) in [5.74, 6) is -0.416. The second-order valence-corrected chi connectivity index (χ2v) is 17.1. The van der Waals surface area contributed by atoms with Crippen LogP contribution in [0.3, 0.4) is 0 Å². The molecule has 308 valence electrons. The van der Waals surface area contributed by atoms with Gasteiger partial charge >= 0.3 is 5.97 Å². The van der Waals surface area contributed by atoms with Crippen LogP contribution in [0.1, 0.15) is 92.9 Å². The van der Waals surface area contributed by atoms with Gasteiger partial charge in [-0.05, 0) is 94.1 Å². The number of unbranched alkanes of at least 4 members (excludes halogenated alkanes) is 2. The van der Waals surface area contributed by atoms with Gasteiger partial charge in [0.1, 0.15) is 23.3 Å². The predicted octanol–water partition coefficient (Wildman–Crippen LogP) is 8.28. The third-order valence-electron chi connectivity index (χ3n) is 10.9. The van der Waals surface area contributed by atoms with E-state index in [1.807, 2.05) is 26.0 Å². The lowest BCUT2D eigenvalue weighted by Gasteiger charge is -2.25. The number of amides is 1. The lowest BCUT2D eigenvalue weighted by atomic mass is 9.81. The maximum absolute atomic E-state index is 12.5. The molecule has 0 aromatic heterocycles. The lowest BCUT2D eigenvalue weighted by Crippen LogP contribution is -2.28. The molecule has 2 aliphatic heterocycles. The van der Waals surface area contributed by atoms with Crippen molar-refractivity contribution in [3.63, 3.8) is 0 Å². The first-order valence-electron chi connectivity index (χ1n) is 20.0. The number of aryl methyl sites for hydroxylation is 1. The number of ether oxygens (including phenoxy) is 2. The minimum absolute atomic E-state index is 0.00912. The summed E-state index contributed by atoms with van der Waals surface area (Å²) < 4.78 is 48.5. The summed E-state index contributed by atoms with van der Waals surface area (Å²) in [5.41, 5.74) is 8.37. The first kappa shape index (κ1) is 44.0. The van der Waals surface area contributed by atoms with Gasteiger partial charge in [-0.3, -0.25) is 4.79 Å². The van der Waals surface area contributed by atoms with E-state index >= 15 is 0 Å². The quantitative estimate of drug-likeness (QED) is 0.0422. The highest BCUT2D eigenvalue weighted by atomic mass is 32.2. The number of benzene rings is 3. The van der Waals surface area contributed by atoms with Crippen molar-refractivity contribution < 1.29 is 36.6 Å². The number of likely N-dealkylation sites (N-methyl/N-ethyl adjacent to an activating group) is 1. The molecule has 0 saturated carbocycles. The molecule has 58 heavy (non-hydrogen) atoms. The van der Waals surface area contributed by atoms with E-state index in [0.29, 0.717) is 31.7 Å². The Hall–Kier alpha value is -5.10. The highest BCUT2D eigenvalue weighted by Gasteiger charge is 2.44. The third-order valence-corrected chi connectivity index (χ3v) is 11.8. The van der Waals surface area contributed by atoms with Crippen molar-refractivity contribution in [1.82, 2.24) is 5.32 Å². The first-order chi connectivity index (χ1) is 27.6. The maximum atomic E-state index is 12.5. The number of nitrogens with one attached hydrogen (secondary N) is 1. The van der Waals surface area contributed by atoms with Gasteiger partial charge in [0.25, 0.3) is 0 Å². The number of hydrogen-bond donors (Lipinski definition) is 1. The van der Waals surface area contributed by atoms with E-state index in [4.69, 9.17) is 9.47 Å². The molecule has 5 rings (SSSR count). The van der Waals surface area contributed by atoms with E-state index < -0.39 is 21.5 Å². The molecule has 11 heteroatoms. The first-order valence-corrected chi connectivity index (χ1v) is 21.4. The molecule has 0 saturated heterocycles. The molecule has 3 aromatic rings. The van der Waals surface area contributed by atoms with Crippen molar-refractivity contribution in [3.05, 3.63) is 131 Å². The molecule has 10 nitrogen and oxygen atoms in total. The van der Waals surface area contributed by atoms with Gasteiger partial charge in [-0.2, -0.15) is 4.58 Å². The van der Waals surface area contributed by atoms with Crippen LogP contribution < -0.4 is 10.2 Å². The average Bonchev–Trinajstić information content (AvgIpc) is 3.53. The standard InChI is InChI=1S/C47H57N3O7S/c1-8-35-20-22-36(23-21-35)45(52)57-31-30-56-29-27-48-44(51)18-14-11-15-28-50-41-25-19-34(3)32-38(41)46(4,5)43(50)17-13-10-12-16-42-47(6,7)39-33-37(58(53,54)55)24-26-40(39)49(42)9-2/h8,10,12-13,16-17,19-26,32-33H,1,9,11,14-15,18,27-31H2,2-7H3,(H-,48,51,53,54,55). The van der Waals surface area contributed by atoms with E-state index in [9.17, 15) is 22.6 Å². The lowest BCUT2D eigenvalue weighted by molar-refractivity contribution is -0.438. The molecular formula is C47H57N3O7S. The number of esters is 1. The second kappa shape index (κ2) is 19.1. The van der Waals surface area contributed by atoms with Gasteiger partial charge in [0, 0.05) is 60.4 Å². The van der Waals surface area contributed by atoms with Crippen molar-refractivity contribution in [2.45, 2.75) is 83.0 Å². The van der Waals surface area contributed by atoms with Gasteiger partial charge in [0.2, 0.25) is 11.6 Å². The van der Waals surface area contributed by atoms with E-state index in [-0.39, 0.29) is 29.4 Å². The minimum Gasteiger partial charge on any atom is -0.744 e. The molecule has 0 unspecified atom stereocenters. The number of carbonyl (C=O) groups excluding carboxylic acids is 2. The predicted molar refractivity (Wildman–Crippen MR) is 230 cm³/mol. The Labute approximate surface area is 344 Å². The Balaban J connectivity index is 1.12. The topological polar surface area (TPSA) is 128 Å². The summed E-state index contributed by atoms with van der Waals surface area (Å²) in [6.07, 6.45) is 15.1. The summed E-state index contributed by atoms with van der Waals surface area (Å²) in [5, 5.41) is 2.91. The van der Waals surface area contributed by atoms with Crippen LogP contribution in [0.4, 0.5) is 11.4 Å². The molecule has 0 bridgehead atoms. The minimum atomic E-state index is -4.56. The van der Waals surface area contributed by atoms with E-state index in [2.05, 4.69) is 85.5 Å². The molecular weight excluding hydrogens is 751 g/mol. The number of anilines is 1. The summed E-state index contributed by atoms with van der Waals surface area (Å²) in [6, 6.07) is 18.3. The summed E-state index contributed by atoms with van der Waals surface area (Å²) >= 11 is 0. The number of nitrogens with zero attached hydrogens (tertiary/aromatic N) is 2. The van der Waals surface area contributed by atoms with Crippen molar-refractivity contribution in [2.24, 2.45) is 0 Å². The van der Waals surface area contributed by atoms with Gasteiger partial charge in [-0.25, -0.2) is 13.2 Å². The molecule has 0 spiro atoms. The fourth-order valence-corrected chi connectivity index (χ4v) is 8.25. The van der Waals surface area contributed by atoms with Crippen molar-refractivity contribution in [3.8, 4) is 0 Å². The van der Waals surface area contributed by atoms with Gasteiger partial charge in [0.05, 0.1) is 29.1 Å². The number of fused-ring (bicyclic) bond motifs is 2. The third kappa shape index (κ3) is 10.3. The molecule has 2 aliphatic rings. The summed E-state index contributed by atoms with van der Waals surface area (Å²) in [7, 11) is -4.56. The molecule has 0 radical (unpaired) electrons. The molecule has 0 fully saturated rings. The SMILES string of the molecule is C=Cc1ccc(C(=O)OCCOCCNC(=O)CCCCC[N+]2=C(C=CC=CC=C3N(CC)c4ccc(S(=O)(=O)[O-])cc4C3(C)C)C(C)(C)c3cc(C)ccc32)cc1. The molecule has 3 aromatic carbocycles. The smallest absolute Gasteiger partial charge is 0.338 e. The molecule has 0 atom stereocenters. The number of allylic oxidation sites excluding steroid dienone is 6. The number of hydrogen-bond acceptors (Lipinski definition) is 8. The zero-order valence-corrected chi connectivity index (χ0v) is 35.5. The van der Waals surface area contributed by atoms with Crippen molar-refractivity contribution in [2.75, 3.05) is 44.4 Å². The molecule has 0 aliphatic carbocycles. The maximum Gasteiger partial charge on any atom is 0.338 e. The van der Waals surface area contributed by atoms with Gasteiger partial charge < -0.3 is 24.2 Å². The Morgan fingerprint density at radius 2 is 1.66 bits per heavy atom. The van der Waals surface area contributed by atoms with Gasteiger partial charge in [0.15, 0.2) is 5.71 Å². The fraction of sp³-hybridized carbons (Fsp3) is 0.383. The zero-order valence-electron chi connectivity index (χ0n) is 34.7. The molecule has 2 heterocycles. The van der Waals surface area contributed by atoms with Gasteiger partial charge in [-0.1, -0.05) is 68.5 Å². The Bertz CT molecular complexity index is 2230. The fourth-order valence-electron chi connectivity index (χ4n) is 7.76. The largest absolute Gasteiger partial charge is 0.744 e. The summed E-state index contributed by atoms with van der Waals surface area (Å²) in [4.78, 5) is 26.6. The van der Waals surface area contributed by atoms with Crippen LogP contribution in [-0.2, 0) is 35.2 Å². The van der Waals surface area contributed by atoms with E-state index in [0.717, 1.165) is 48.3 Å². The second-order valence-electron chi connectivity index (χ2n) is 15.7. The van der Waals surface area contributed by atoms with E-state index in [1.165, 1.54) is 34.7 Å². The normalized spacial score (nSPS) is 16.3. The monoisotopic (exact) mass is 807 g/mol. The van der Waals surface area contributed by atoms with Crippen LogP contribution >= 0.6 is 0 Å². The van der Waals surface area contributed by atoms with E-state index in [1.54, 1.807) is 36.4 Å². The van der Waals surface area contributed by atoms with Crippen LogP contribution in [0.2, 0.25) is 0 Å².